The fourth-order valence-electron chi connectivity index (χ4n) is 1.94. The molecule has 16 heavy (non-hydrogen) atoms. The van der Waals surface area contributed by atoms with Crippen LogP contribution in [0.4, 0.5) is 0 Å². The van der Waals surface area contributed by atoms with Crippen LogP contribution in [-0.4, -0.2) is 18.4 Å². The van der Waals surface area contributed by atoms with E-state index in [1.165, 1.54) is 0 Å². The second kappa shape index (κ2) is 8.31. The molecule has 0 aliphatic heterocycles. The molecule has 0 radical (unpaired) electrons. The Morgan fingerprint density at radius 1 is 1.12 bits per heavy atom. The molecule has 2 atom stereocenters. The van der Waals surface area contributed by atoms with E-state index in [4.69, 9.17) is 4.74 Å². The molecule has 0 aliphatic carbocycles. The Balaban J connectivity index is 4.60. The van der Waals surface area contributed by atoms with E-state index in [-0.39, 0.29) is 17.7 Å². The third kappa shape index (κ3) is 4.77. The molecule has 3 heteroatoms. The molecule has 0 spiro atoms. The van der Waals surface area contributed by atoms with Crippen molar-refractivity contribution in [2.24, 2.45) is 11.8 Å². The normalized spacial score (nSPS) is 14.2. The Kier molecular flexibility index (Phi) is 7.86. The van der Waals surface area contributed by atoms with Crippen LogP contribution < -0.4 is 0 Å². The lowest BCUT2D eigenvalue weighted by molar-refractivity contribution is -0.153. The van der Waals surface area contributed by atoms with Crippen LogP contribution in [0.3, 0.4) is 0 Å². The van der Waals surface area contributed by atoms with E-state index in [1.54, 1.807) is 6.92 Å². The van der Waals surface area contributed by atoms with Gasteiger partial charge in [0, 0.05) is 6.42 Å². The smallest absolute Gasteiger partial charge is 0.316 e. The van der Waals surface area contributed by atoms with E-state index in [9.17, 15) is 9.59 Å². The van der Waals surface area contributed by atoms with Crippen molar-refractivity contribution in [3.05, 3.63) is 0 Å². The molecule has 0 N–H and O–H groups in total. The summed E-state index contributed by atoms with van der Waals surface area (Å²) in [5, 5.41) is 0. The highest BCUT2D eigenvalue weighted by atomic mass is 16.5. The minimum Gasteiger partial charge on any atom is -0.465 e. The van der Waals surface area contributed by atoms with Crippen LogP contribution in [0.25, 0.3) is 0 Å². The predicted molar refractivity (Wildman–Crippen MR) is 64.1 cm³/mol. The number of Topliss-reactive ketones (excluding diaryl/α,β-unsaturated/α-hetero) is 1. The molecule has 0 amide bonds. The molecule has 94 valence electrons. The third-order valence-electron chi connectivity index (χ3n) is 2.70. The number of esters is 1. The van der Waals surface area contributed by atoms with Crippen molar-refractivity contribution < 1.29 is 14.3 Å². The summed E-state index contributed by atoms with van der Waals surface area (Å²) >= 11 is 0. The average molecular weight is 228 g/mol. The van der Waals surface area contributed by atoms with E-state index in [0.29, 0.717) is 13.0 Å². The number of ketones is 1. The van der Waals surface area contributed by atoms with Crippen molar-refractivity contribution in [1.29, 1.82) is 0 Å². The Bertz CT molecular complexity index is 205. The maximum Gasteiger partial charge on any atom is 0.316 e. The summed E-state index contributed by atoms with van der Waals surface area (Å²) in [6.07, 6.45) is 3.13. The monoisotopic (exact) mass is 228 g/mol. The topological polar surface area (TPSA) is 43.4 Å². The first kappa shape index (κ1) is 15.1. The lowest BCUT2D eigenvalue weighted by Gasteiger charge is -2.20. The van der Waals surface area contributed by atoms with Gasteiger partial charge in [-0.05, 0) is 25.7 Å². The van der Waals surface area contributed by atoms with Gasteiger partial charge >= 0.3 is 5.97 Å². The van der Waals surface area contributed by atoms with E-state index in [1.807, 2.05) is 13.8 Å². The third-order valence-corrected chi connectivity index (χ3v) is 2.70. The number of hydrogen-bond donors (Lipinski definition) is 0. The Morgan fingerprint density at radius 3 is 2.19 bits per heavy atom. The molecule has 0 saturated carbocycles. The molecular formula is C13H24O3. The molecule has 0 aromatic rings. The second-order valence-corrected chi connectivity index (χ2v) is 4.21. The molecular weight excluding hydrogens is 204 g/mol. The van der Waals surface area contributed by atoms with Crippen LogP contribution in [0.15, 0.2) is 0 Å². The standard InChI is InChI=1S/C13H24O3/c1-5-8-10(4)12(11(14)9-6-2)13(15)16-7-3/h10,12H,5-9H2,1-4H3. The van der Waals surface area contributed by atoms with E-state index in [2.05, 4.69) is 6.92 Å². The summed E-state index contributed by atoms with van der Waals surface area (Å²) in [6.45, 7) is 8.07. The lowest BCUT2D eigenvalue weighted by atomic mass is 9.85. The number of carbonyl (C=O) groups excluding carboxylic acids is 2. The van der Waals surface area contributed by atoms with Crippen LogP contribution in [0.5, 0.6) is 0 Å². The lowest BCUT2D eigenvalue weighted by Crippen LogP contribution is -2.31. The van der Waals surface area contributed by atoms with E-state index >= 15 is 0 Å². The van der Waals surface area contributed by atoms with Gasteiger partial charge in [-0.2, -0.15) is 0 Å². The highest BCUT2D eigenvalue weighted by molar-refractivity contribution is 5.99. The minimum atomic E-state index is -0.556. The molecule has 3 nitrogen and oxygen atoms in total. The zero-order chi connectivity index (χ0) is 12.6. The largest absolute Gasteiger partial charge is 0.465 e. The van der Waals surface area contributed by atoms with Gasteiger partial charge in [-0.15, -0.1) is 0 Å². The first-order valence-corrected chi connectivity index (χ1v) is 6.27. The molecule has 2 unspecified atom stereocenters. The van der Waals surface area contributed by atoms with Crippen molar-refractivity contribution in [2.45, 2.75) is 53.4 Å². The van der Waals surface area contributed by atoms with Crippen molar-refractivity contribution in [1.82, 2.24) is 0 Å². The zero-order valence-corrected chi connectivity index (χ0v) is 10.9. The van der Waals surface area contributed by atoms with Crippen molar-refractivity contribution >= 4 is 11.8 Å². The van der Waals surface area contributed by atoms with Gasteiger partial charge in [-0.25, -0.2) is 0 Å². The van der Waals surface area contributed by atoms with Gasteiger partial charge in [-0.1, -0.05) is 27.2 Å². The fourth-order valence-corrected chi connectivity index (χ4v) is 1.94. The van der Waals surface area contributed by atoms with Gasteiger partial charge in [0.2, 0.25) is 0 Å². The molecule has 0 aliphatic rings. The summed E-state index contributed by atoms with van der Waals surface area (Å²) in [5.41, 5.74) is 0. The van der Waals surface area contributed by atoms with Crippen LogP contribution in [-0.2, 0) is 14.3 Å². The highest BCUT2D eigenvalue weighted by Crippen LogP contribution is 2.21. The van der Waals surface area contributed by atoms with Gasteiger partial charge in [0.25, 0.3) is 0 Å². The van der Waals surface area contributed by atoms with Crippen molar-refractivity contribution in [3.63, 3.8) is 0 Å². The first-order valence-electron chi connectivity index (χ1n) is 6.27. The van der Waals surface area contributed by atoms with Crippen LogP contribution in [0.2, 0.25) is 0 Å². The molecule has 0 aromatic carbocycles. The first-order chi connectivity index (χ1) is 7.58. The predicted octanol–water partition coefficient (Wildman–Crippen LogP) is 2.97. The number of ether oxygens (including phenoxy) is 1. The number of hydrogen-bond acceptors (Lipinski definition) is 3. The van der Waals surface area contributed by atoms with Crippen molar-refractivity contribution in [3.8, 4) is 0 Å². The molecule has 0 rings (SSSR count). The van der Waals surface area contributed by atoms with Gasteiger partial charge in [0.15, 0.2) is 0 Å². The van der Waals surface area contributed by atoms with E-state index < -0.39 is 5.92 Å². The summed E-state index contributed by atoms with van der Waals surface area (Å²) < 4.78 is 4.98. The summed E-state index contributed by atoms with van der Waals surface area (Å²) in [5.74, 6) is -0.785. The number of carbonyl (C=O) groups is 2. The van der Waals surface area contributed by atoms with Crippen LogP contribution in [0.1, 0.15) is 53.4 Å². The van der Waals surface area contributed by atoms with Crippen LogP contribution in [0, 0.1) is 11.8 Å². The summed E-state index contributed by atoms with van der Waals surface area (Å²) in [4.78, 5) is 23.6. The molecule has 0 bridgehead atoms. The van der Waals surface area contributed by atoms with Gasteiger partial charge in [0.05, 0.1) is 6.61 Å². The Labute approximate surface area is 98.6 Å². The summed E-state index contributed by atoms with van der Waals surface area (Å²) in [7, 11) is 0. The maximum atomic E-state index is 11.9. The SMILES string of the molecule is CCCC(=O)C(C(=O)OCC)C(C)CCC. The van der Waals surface area contributed by atoms with E-state index in [0.717, 1.165) is 19.3 Å². The molecule has 0 aromatic heterocycles. The molecule has 0 heterocycles. The van der Waals surface area contributed by atoms with Gasteiger partial charge < -0.3 is 4.74 Å². The zero-order valence-electron chi connectivity index (χ0n) is 10.9. The number of rotatable bonds is 8. The highest BCUT2D eigenvalue weighted by Gasteiger charge is 2.31. The maximum absolute atomic E-state index is 11.9. The average Bonchev–Trinajstić information content (AvgIpc) is 2.19. The minimum absolute atomic E-state index is 0.0295. The fraction of sp³-hybridized carbons (Fsp3) is 0.846. The quantitative estimate of drug-likeness (QED) is 0.474. The Hall–Kier alpha value is -0.860. The van der Waals surface area contributed by atoms with Crippen molar-refractivity contribution in [2.75, 3.05) is 6.61 Å². The Morgan fingerprint density at radius 2 is 1.75 bits per heavy atom. The summed E-state index contributed by atoms with van der Waals surface area (Å²) in [6, 6.07) is 0. The second-order valence-electron chi connectivity index (χ2n) is 4.21. The molecule has 0 fully saturated rings. The molecule has 0 saturated heterocycles. The van der Waals surface area contributed by atoms with Gasteiger partial charge in [-0.3, -0.25) is 9.59 Å². The van der Waals surface area contributed by atoms with Crippen LogP contribution >= 0.6 is 0 Å². The van der Waals surface area contributed by atoms with Gasteiger partial charge in [0.1, 0.15) is 11.7 Å².